The molecule has 0 bridgehead atoms. The first-order chi connectivity index (χ1) is 17.0. The number of nitrogens with one attached hydrogen (secondary N) is 1. The van der Waals surface area contributed by atoms with E-state index in [0.717, 1.165) is 43.7 Å². The normalized spacial score (nSPS) is 18.5. The summed E-state index contributed by atoms with van der Waals surface area (Å²) in [5, 5.41) is 3.05. The molecule has 1 spiro atoms. The smallest absolute Gasteiger partial charge is 0.368 e. The molecule has 1 saturated carbocycles. The van der Waals surface area contributed by atoms with Gasteiger partial charge in [0.25, 0.3) is 5.91 Å². The molecule has 0 unspecified atom stereocenters. The van der Waals surface area contributed by atoms with Gasteiger partial charge in [-0.1, -0.05) is 12.1 Å². The minimum absolute atomic E-state index is 0.0293. The van der Waals surface area contributed by atoms with Gasteiger partial charge in [-0.25, -0.2) is 18.7 Å². The van der Waals surface area contributed by atoms with E-state index in [1.807, 2.05) is 0 Å². The Labute approximate surface area is 204 Å². The quantitative estimate of drug-likeness (QED) is 0.445. The molecule has 2 aliphatic rings. The zero-order valence-corrected chi connectivity index (χ0v) is 19.4. The van der Waals surface area contributed by atoms with Crippen molar-refractivity contribution in [3.63, 3.8) is 0 Å². The van der Waals surface area contributed by atoms with Crippen molar-refractivity contribution in [1.82, 2.24) is 14.9 Å². The standard InChI is InChI=1S/C26H23F5N4O/c1-15-2-5-19(16-3-6-20(27)21(28)10-16)23(34-15)24(36)35-14-25(8-9-25)11-18(35)13-33-22-7-4-17(12-32-22)26(29,30)31/h2-7,10,12,18H,8-9,11,13-14H2,1H3,(H,32,33)/t18-/m0/s1. The van der Waals surface area contributed by atoms with Crippen molar-refractivity contribution in [1.29, 1.82) is 0 Å². The number of nitrogens with zero attached hydrogens (tertiary/aromatic N) is 3. The molecule has 2 fully saturated rings. The first kappa shape index (κ1) is 24.1. The number of hydrogen-bond acceptors (Lipinski definition) is 4. The predicted molar refractivity (Wildman–Crippen MR) is 123 cm³/mol. The highest BCUT2D eigenvalue weighted by Crippen LogP contribution is 2.55. The topological polar surface area (TPSA) is 58.1 Å². The lowest BCUT2D eigenvalue weighted by molar-refractivity contribution is -0.137. The molecule has 3 heterocycles. The van der Waals surface area contributed by atoms with Crippen molar-refractivity contribution in [2.24, 2.45) is 5.41 Å². The number of rotatable bonds is 5. The average Bonchev–Trinajstić information content (AvgIpc) is 3.50. The summed E-state index contributed by atoms with van der Waals surface area (Å²) in [5.41, 5.74) is 0.690. The molecule has 2 aromatic heterocycles. The summed E-state index contributed by atoms with van der Waals surface area (Å²) in [4.78, 5) is 23.8. The van der Waals surface area contributed by atoms with Gasteiger partial charge in [-0.05, 0) is 67.5 Å². The summed E-state index contributed by atoms with van der Waals surface area (Å²) in [6, 6.07) is 8.82. The van der Waals surface area contributed by atoms with E-state index in [2.05, 4.69) is 15.3 Å². The summed E-state index contributed by atoms with van der Waals surface area (Å²) in [6.07, 6.45) is -0.970. The highest BCUT2D eigenvalue weighted by molar-refractivity contribution is 5.99. The zero-order chi connectivity index (χ0) is 25.7. The first-order valence-corrected chi connectivity index (χ1v) is 11.6. The fourth-order valence-corrected chi connectivity index (χ4v) is 4.76. The highest BCUT2D eigenvalue weighted by atomic mass is 19.4. The molecule has 10 heteroatoms. The van der Waals surface area contributed by atoms with Crippen LogP contribution in [-0.2, 0) is 6.18 Å². The van der Waals surface area contributed by atoms with E-state index in [-0.39, 0.29) is 28.9 Å². The Hall–Kier alpha value is -3.56. The Morgan fingerprint density at radius 1 is 1.11 bits per heavy atom. The number of likely N-dealkylation sites (tertiary alicyclic amines) is 1. The van der Waals surface area contributed by atoms with Gasteiger partial charge < -0.3 is 10.2 Å². The molecular weight excluding hydrogens is 479 g/mol. The lowest BCUT2D eigenvalue weighted by Gasteiger charge is -2.26. The van der Waals surface area contributed by atoms with Crippen LogP contribution in [0.25, 0.3) is 11.1 Å². The van der Waals surface area contributed by atoms with E-state index in [1.165, 1.54) is 12.1 Å². The highest BCUT2D eigenvalue weighted by Gasteiger charge is 2.53. The molecule has 0 radical (unpaired) electrons. The second-order valence-corrected chi connectivity index (χ2v) is 9.58. The Bertz CT molecular complexity index is 1300. The number of aryl methyl sites for hydroxylation is 1. The van der Waals surface area contributed by atoms with Crippen LogP contribution in [0.5, 0.6) is 0 Å². The van der Waals surface area contributed by atoms with E-state index in [9.17, 15) is 26.7 Å². The number of carbonyl (C=O) groups is 1. The van der Waals surface area contributed by atoms with E-state index in [4.69, 9.17) is 0 Å². The zero-order valence-electron chi connectivity index (χ0n) is 19.4. The van der Waals surface area contributed by atoms with Crippen LogP contribution in [0.3, 0.4) is 0 Å². The Kier molecular flexibility index (Phi) is 5.92. The lowest BCUT2D eigenvalue weighted by atomic mass is 10.0. The third-order valence-electron chi connectivity index (χ3n) is 6.91. The van der Waals surface area contributed by atoms with Crippen molar-refractivity contribution in [3.8, 4) is 11.1 Å². The molecule has 1 saturated heterocycles. The summed E-state index contributed by atoms with van der Waals surface area (Å²) in [6.45, 7) is 2.58. The van der Waals surface area contributed by atoms with Gasteiger partial charge >= 0.3 is 6.18 Å². The molecule has 1 amide bonds. The Morgan fingerprint density at radius 2 is 1.89 bits per heavy atom. The van der Waals surface area contributed by atoms with Crippen molar-refractivity contribution in [2.45, 2.75) is 38.4 Å². The van der Waals surface area contributed by atoms with Gasteiger partial charge in [0.1, 0.15) is 11.5 Å². The van der Waals surface area contributed by atoms with Crippen LogP contribution in [0.1, 0.15) is 41.0 Å². The fourth-order valence-electron chi connectivity index (χ4n) is 4.76. The van der Waals surface area contributed by atoms with Gasteiger partial charge in [0, 0.05) is 36.6 Å². The van der Waals surface area contributed by atoms with Crippen LogP contribution in [0.15, 0.2) is 48.7 Å². The maximum absolute atomic E-state index is 13.9. The van der Waals surface area contributed by atoms with E-state index in [0.29, 0.717) is 29.9 Å². The van der Waals surface area contributed by atoms with Crippen LogP contribution in [-0.4, -0.2) is 39.9 Å². The third kappa shape index (κ3) is 4.76. The van der Waals surface area contributed by atoms with Crippen molar-refractivity contribution < 1.29 is 26.7 Å². The summed E-state index contributed by atoms with van der Waals surface area (Å²) < 4.78 is 65.9. The average molecular weight is 502 g/mol. The third-order valence-corrected chi connectivity index (χ3v) is 6.91. The molecular formula is C26H23F5N4O. The molecule has 5 nitrogen and oxygen atoms in total. The van der Waals surface area contributed by atoms with Gasteiger partial charge in [-0.15, -0.1) is 0 Å². The Balaban J connectivity index is 1.39. The summed E-state index contributed by atoms with van der Waals surface area (Å²) in [7, 11) is 0. The van der Waals surface area contributed by atoms with Crippen molar-refractivity contribution in [3.05, 3.63) is 77.2 Å². The minimum Gasteiger partial charge on any atom is -0.368 e. The molecule has 1 aromatic carbocycles. The van der Waals surface area contributed by atoms with Gasteiger partial charge in [0.2, 0.25) is 0 Å². The number of aromatic nitrogens is 2. The number of halogens is 5. The number of alkyl halides is 3. The predicted octanol–water partition coefficient (Wildman–Crippen LogP) is 5.86. The van der Waals surface area contributed by atoms with Crippen LogP contribution < -0.4 is 5.32 Å². The summed E-state index contributed by atoms with van der Waals surface area (Å²) >= 11 is 0. The lowest BCUT2D eigenvalue weighted by Crippen LogP contribution is -2.40. The maximum Gasteiger partial charge on any atom is 0.417 e. The second-order valence-electron chi connectivity index (χ2n) is 9.58. The van der Waals surface area contributed by atoms with Gasteiger partial charge in [0.15, 0.2) is 11.6 Å². The molecule has 1 aliphatic heterocycles. The monoisotopic (exact) mass is 502 g/mol. The largest absolute Gasteiger partial charge is 0.417 e. The van der Waals surface area contributed by atoms with Crippen LogP contribution in [0, 0.1) is 24.0 Å². The van der Waals surface area contributed by atoms with E-state index >= 15 is 0 Å². The van der Waals surface area contributed by atoms with Crippen molar-refractivity contribution in [2.75, 3.05) is 18.4 Å². The van der Waals surface area contributed by atoms with E-state index < -0.39 is 23.4 Å². The van der Waals surface area contributed by atoms with Crippen LogP contribution >= 0.6 is 0 Å². The molecule has 36 heavy (non-hydrogen) atoms. The second kappa shape index (κ2) is 8.83. The van der Waals surface area contributed by atoms with Crippen molar-refractivity contribution >= 4 is 11.7 Å². The molecule has 1 aliphatic carbocycles. The molecule has 3 aromatic rings. The number of amides is 1. The van der Waals surface area contributed by atoms with Gasteiger partial charge in [-0.2, -0.15) is 13.2 Å². The summed E-state index contributed by atoms with van der Waals surface area (Å²) in [5.74, 6) is -2.04. The number of anilines is 1. The molecule has 5 rings (SSSR count). The SMILES string of the molecule is Cc1ccc(-c2ccc(F)c(F)c2)c(C(=O)N2CC3(CC3)C[C@H]2CNc2ccc(C(F)(F)F)cn2)n1. The fraction of sp³-hybridized carbons (Fsp3) is 0.346. The number of hydrogen-bond donors (Lipinski definition) is 1. The maximum atomic E-state index is 13.9. The molecule has 188 valence electrons. The minimum atomic E-state index is -4.47. The number of carbonyl (C=O) groups excluding carboxylic acids is 1. The van der Waals surface area contributed by atoms with Crippen LogP contribution in [0.4, 0.5) is 27.8 Å². The van der Waals surface area contributed by atoms with E-state index in [1.54, 1.807) is 24.0 Å². The molecule has 1 atom stereocenters. The van der Waals surface area contributed by atoms with Crippen LogP contribution in [0.2, 0.25) is 0 Å². The first-order valence-electron chi connectivity index (χ1n) is 11.6. The number of benzene rings is 1. The van der Waals surface area contributed by atoms with Gasteiger partial charge in [0.05, 0.1) is 5.56 Å². The number of pyridine rings is 2. The van der Waals surface area contributed by atoms with Gasteiger partial charge in [-0.3, -0.25) is 4.79 Å². The Morgan fingerprint density at radius 3 is 2.53 bits per heavy atom. The molecule has 1 N–H and O–H groups in total.